The molecule has 0 saturated carbocycles. The van der Waals surface area contributed by atoms with Gasteiger partial charge in [-0.3, -0.25) is 0 Å². The average molecular weight is 320 g/mol. The van der Waals surface area contributed by atoms with Crippen molar-refractivity contribution < 1.29 is 4.74 Å². The van der Waals surface area contributed by atoms with Gasteiger partial charge in [0.2, 0.25) is 0 Å². The molecule has 2 aromatic carbocycles. The van der Waals surface area contributed by atoms with Crippen LogP contribution in [-0.2, 0) is 0 Å². The summed E-state index contributed by atoms with van der Waals surface area (Å²) in [5.41, 5.74) is 10.9. The number of methoxy groups -OCH3 is 1. The molecule has 19 heavy (non-hydrogen) atoms. The minimum atomic E-state index is -0.188. The molecule has 2 rings (SSSR count). The lowest BCUT2D eigenvalue weighted by Gasteiger charge is -2.19. The third-order valence-corrected chi connectivity index (χ3v) is 4.22. The number of nitrogens with two attached hydrogens (primary N) is 1. The Kier molecular flexibility index (Phi) is 4.27. The normalized spacial score (nSPS) is 12.3. The van der Waals surface area contributed by atoms with Gasteiger partial charge in [0.05, 0.1) is 13.2 Å². The number of aryl methyl sites for hydroxylation is 1. The molecule has 0 aliphatic rings. The molecule has 2 aromatic rings. The first-order chi connectivity index (χ1) is 9.04. The highest BCUT2D eigenvalue weighted by Gasteiger charge is 2.16. The minimum absolute atomic E-state index is 0.188. The van der Waals surface area contributed by atoms with Crippen LogP contribution < -0.4 is 10.5 Å². The fraction of sp³-hybridized carbons (Fsp3) is 0.250. The Morgan fingerprint density at radius 3 is 2.53 bits per heavy atom. The quantitative estimate of drug-likeness (QED) is 0.923. The van der Waals surface area contributed by atoms with E-state index in [-0.39, 0.29) is 6.04 Å². The van der Waals surface area contributed by atoms with Gasteiger partial charge in [-0.25, -0.2) is 0 Å². The Balaban J connectivity index is 2.52. The van der Waals surface area contributed by atoms with E-state index in [1.54, 1.807) is 7.11 Å². The zero-order chi connectivity index (χ0) is 14.0. The molecule has 0 heterocycles. The summed E-state index contributed by atoms with van der Waals surface area (Å²) < 4.78 is 6.50. The largest absolute Gasteiger partial charge is 0.496 e. The fourth-order valence-corrected chi connectivity index (χ4v) is 2.61. The average Bonchev–Trinajstić information content (AvgIpc) is 2.41. The van der Waals surface area contributed by atoms with Crippen molar-refractivity contribution in [3.63, 3.8) is 0 Å². The molecular weight excluding hydrogens is 302 g/mol. The van der Waals surface area contributed by atoms with Crippen LogP contribution in [0.5, 0.6) is 5.75 Å². The van der Waals surface area contributed by atoms with Crippen molar-refractivity contribution in [2.75, 3.05) is 7.11 Å². The van der Waals surface area contributed by atoms with Crippen LogP contribution in [0.3, 0.4) is 0 Å². The van der Waals surface area contributed by atoms with Crippen molar-refractivity contribution in [2.24, 2.45) is 5.73 Å². The molecule has 1 unspecified atom stereocenters. The standard InChI is InChI=1S/C16H18BrNO/c1-10-7-8-15(19-3)13(9-10)16(18)12-5-4-6-14(17)11(12)2/h4-9,16H,18H2,1-3H3. The van der Waals surface area contributed by atoms with Gasteiger partial charge in [-0.1, -0.05) is 45.8 Å². The summed E-state index contributed by atoms with van der Waals surface area (Å²) in [6.07, 6.45) is 0. The number of hydrogen-bond acceptors (Lipinski definition) is 2. The molecule has 0 aliphatic carbocycles. The fourth-order valence-electron chi connectivity index (χ4n) is 2.23. The molecule has 0 fully saturated rings. The van der Waals surface area contributed by atoms with Crippen molar-refractivity contribution in [1.29, 1.82) is 0 Å². The lowest BCUT2D eigenvalue weighted by molar-refractivity contribution is 0.407. The summed E-state index contributed by atoms with van der Waals surface area (Å²) in [5.74, 6) is 0.831. The predicted molar refractivity (Wildman–Crippen MR) is 82.6 cm³/mol. The van der Waals surface area contributed by atoms with Crippen LogP contribution in [0.15, 0.2) is 40.9 Å². The summed E-state index contributed by atoms with van der Waals surface area (Å²) >= 11 is 3.55. The molecule has 0 radical (unpaired) electrons. The lowest BCUT2D eigenvalue weighted by Crippen LogP contribution is -2.14. The Hall–Kier alpha value is -1.32. The van der Waals surface area contributed by atoms with Crippen LogP contribution in [0.25, 0.3) is 0 Å². The van der Waals surface area contributed by atoms with E-state index < -0.39 is 0 Å². The molecular formula is C16H18BrNO. The van der Waals surface area contributed by atoms with Gasteiger partial charge in [0.15, 0.2) is 0 Å². The van der Waals surface area contributed by atoms with Crippen LogP contribution in [0.2, 0.25) is 0 Å². The highest BCUT2D eigenvalue weighted by atomic mass is 79.9. The summed E-state index contributed by atoms with van der Waals surface area (Å²) in [7, 11) is 1.68. The van der Waals surface area contributed by atoms with Gasteiger partial charge in [0.25, 0.3) is 0 Å². The summed E-state index contributed by atoms with van der Waals surface area (Å²) in [6.45, 7) is 4.13. The van der Waals surface area contributed by atoms with E-state index in [0.717, 1.165) is 21.3 Å². The summed E-state index contributed by atoms with van der Waals surface area (Å²) in [4.78, 5) is 0. The number of rotatable bonds is 3. The van der Waals surface area contributed by atoms with E-state index in [9.17, 15) is 0 Å². The predicted octanol–water partition coefficient (Wildman–Crippen LogP) is 4.12. The lowest BCUT2D eigenvalue weighted by atomic mass is 9.94. The molecule has 0 aliphatic heterocycles. The Bertz CT molecular complexity index is 595. The molecule has 2 N–H and O–H groups in total. The van der Waals surface area contributed by atoms with E-state index in [0.29, 0.717) is 0 Å². The number of hydrogen-bond donors (Lipinski definition) is 1. The molecule has 1 atom stereocenters. The van der Waals surface area contributed by atoms with Crippen LogP contribution in [0.1, 0.15) is 28.3 Å². The minimum Gasteiger partial charge on any atom is -0.496 e. The smallest absolute Gasteiger partial charge is 0.123 e. The highest BCUT2D eigenvalue weighted by molar-refractivity contribution is 9.10. The van der Waals surface area contributed by atoms with Crippen molar-refractivity contribution in [2.45, 2.75) is 19.9 Å². The first-order valence-electron chi connectivity index (χ1n) is 6.19. The second kappa shape index (κ2) is 5.76. The van der Waals surface area contributed by atoms with Gasteiger partial charge in [-0.15, -0.1) is 0 Å². The van der Waals surface area contributed by atoms with Gasteiger partial charge >= 0.3 is 0 Å². The molecule has 0 saturated heterocycles. The van der Waals surface area contributed by atoms with Crippen molar-refractivity contribution in [1.82, 2.24) is 0 Å². The molecule has 3 heteroatoms. The Labute approximate surface area is 122 Å². The van der Waals surface area contributed by atoms with Crippen LogP contribution >= 0.6 is 15.9 Å². The van der Waals surface area contributed by atoms with Gasteiger partial charge < -0.3 is 10.5 Å². The van der Waals surface area contributed by atoms with E-state index in [2.05, 4.69) is 41.9 Å². The van der Waals surface area contributed by atoms with Gasteiger partial charge in [0, 0.05) is 10.0 Å². The second-order valence-electron chi connectivity index (χ2n) is 4.68. The van der Waals surface area contributed by atoms with E-state index >= 15 is 0 Å². The van der Waals surface area contributed by atoms with Crippen LogP contribution in [0, 0.1) is 13.8 Å². The van der Waals surface area contributed by atoms with Crippen LogP contribution in [0.4, 0.5) is 0 Å². The maximum atomic E-state index is 6.43. The number of ether oxygens (including phenoxy) is 1. The Morgan fingerprint density at radius 2 is 1.84 bits per heavy atom. The molecule has 2 nitrogen and oxygen atoms in total. The first-order valence-corrected chi connectivity index (χ1v) is 6.99. The summed E-state index contributed by atoms with van der Waals surface area (Å²) in [6, 6.07) is 12.0. The van der Waals surface area contributed by atoms with Gasteiger partial charge in [-0.2, -0.15) is 0 Å². The zero-order valence-electron chi connectivity index (χ0n) is 11.4. The maximum Gasteiger partial charge on any atom is 0.123 e. The Morgan fingerprint density at radius 1 is 1.11 bits per heavy atom. The number of benzene rings is 2. The molecule has 0 aromatic heterocycles. The van der Waals surface area contributed by atoms with E-state index in [1.807, 2.05) is 24.3 Å². The number of halogens is 1. The SMILES string of the molecule is COc1ccc(C)cc1C(N)c1cccc(Br)c1C. The molecule has 0 amide bonds. The first kappa shape index (κ1) is 14.1. The van der Waals surface area contributed by atoms with E-state index in [1.165, 1.54) is 11.1 Å². The van der Waals surface area contributed by atoms with Gasteiger partial charge in [-0.05, 0) is 37.1 Å². The topological polar surface area (TPSA) is 35.2 Å². The monoisotopic (exact) mass is 319 g/mol. The third kappa shape index (κ3) is 2.82. The van der Waals surface area contributed by atoms with Crippen molar-refractivity contribution in [3.8, 4) is 5.75 Å². The van der Waals surface area contributed by atoms with Crippen LogP contribution in [-0.4, -0.2) is 7.11 Å². The molecule has 100 valence electrons. The molecule has 0 spiro atoms. The second-order valence-corrected chi connectivity index (χ2v) is 5.53. The third-order valence-electron chi connectivity index (χ3n) is 3.36. The van der Waals surface area contributed by atoms with Crippen molar-refractivity contribution >= 4 is 15.9 Å². The molecule has 0 bridgehead atoms. The highest BCUT2D eigenvalue weighted by Crippen LogP contribution is 2.32. The maximum absolute atomic E-state index is 6.43. The zero-order valence-corrected chi connectivity index (χ0v) is 13.0. The van der Waals surface area contributed by atoms with Gasteiger partial charge in [0.1, 0.15) is 5.75 Å². The van der Waals surface area contributed by atoms with E-state index in [4.69, 9.17) is 10.5 Å². The summed E-state index contributed by atoms with van der Waals surface area (Å²) in [5, 5.41) is 0. The van der Waals surface area contributed by atoms with Crippen molar-refractivity contribution in [3.05, 3.63) is 63.1 Å².